The van der Waals surface area contributed by atoms with Crippen LogP contribution in [0.1, 0.15) is 0 Å². The molecule has 0 saturated carbocycles. The second-order valence-corrected chi connectivity index (χ2v) is 8.39. The van der Waals surface area contributed by atoms with Crippen LogP contribution in [-0.2, 0) is 0 Å². The van der Waals surface area contributed by atoms with E-state index in [9.17, 15) is 9.50 Å². The van der Waals surface area contributed by atoms with Crippen LogP contribution >= 0.6 is 0 Å². The summed E-state index contributed by atoms with van der Waals surface area (Å²) >= 11 is 0. The van der Waals surface area contributed by atoms with Crippen LogP contribution in [0.5, 0.6) is 17.2 Å². The number of imidazole rings is 1. The molecule has 2 aromatic heterocycles. The van der Waals surface area contributed by atoms with E-state index in [-0.39, 0.29) is 11.6 Å². The molecule has 9 heteroatoms. The van der Waals surface area contributed by atoms with Crippen LogP contribution in [0.4, 0.5) is 27.5 Å². The predicted octanol–water partition coefficient (Wildman–Crippen LogP) is 6.94. The third-order valence-corrected chi connectivity index (χ3v) is 5.71. The van der Waals surface area contributed by atoms with Gasteiger partial charge in [0.1, 0.15) is 29.4 Å². The van der Waals surface area contributed by atoms with Gasteiger partial charge in [-0.25, -0.2) is 19.3 Å². The maximum atomic E-state index is 13.8. The van der Waals surface area contributed by atoms with E-state index >= 15 is 0 Å². The van der Waals surface area contributed by atoms with Crippen molar-refractivity contribution in [1.29, 1.82) is 0 Å². The van der Waals surface area contributed by atoms with Crippen molar-refractivity contribution < 1.29 is 14.2 Å². The molecule has 3 N–H and O–H groups in total. The number of hydrogen-bond acceptors (Lipinski definition) is 7. The Morgan fingerprint density at radius 2 is 1.53 bits per heavy atom. The van der Waals surface area contributed by atoms with Gasteiger partial charge in [-0.15, -0.1) is 0 Å². The molecule has 0 aliphatic carbocycles. The van der Waals surface area contributed by atoms with E-state index in [0.29, 0.717) is 40.1 Å². The molecule has 0 radical (unpaired) electrons. The molecule has 0 spiro atoms. The molecule has 0 saturated heterocycles. The molecule has 0 aliphatic rings. The first-order valence-electron chi connectivity index (χ1n) is 11.8. The Bertz CT molecular complexity index is 1720. The molecule has 2 heterocycles. The van der Waals surface area contributed by atoms with E-state index in [4.69, 9.17) is 9.72 Å². The number of anilines is 4. The summed E-state index contributed by atoms with van der Waals surface area (Å²) in [5.41, 5.74) is 2.90. The Labute approximate surface area is 217 Å². The Hall–Kier alpha value is -5.44. The molecule has 8 nitrogen and oxygen atoms in total. The highest BCUT2D eigenvalue weighted by Gasteiger charge is 2.18. The summed E-state index contributed by atoms with van der Waals surface area (Å²) < 4.78 is 21.4. The molecular weight excluding hydrogens is 483 g/mol. The maximum Gasteiger partial charge on any atom is 0.214 e. The van der Waals surface area contributed by atoms with Gasteiger partial charge >= 0.3 is 0 Å². The molecule has 0 atom stereocenters. The van der Waals surface area contributed by atoms with Crippen molar-refractivity contribution in [2.45, 2.75) is 0 Å². The van der Waals surface area contributed by atoms with Gasteiger partial charge in [-0.3, -0.25) is 4.57 Å². The van der Waals surface area contributed by atoms with Crippen LogP contribution in [0.2, 0.25) is 0 Å². The average molecular weight is 505 g/mol. The molecule has 0 amide bonds. The molecule has 4 aromatic carbocycles. The zero-order valence-electron chi connectivity index (χ0n) is 19.9. The predicted molar refractivity (Wildman–Crippen MR) is 144 cm³/mol. The number of phenolic OH excluding ortho intramolecular Hbond substituents is 1. The van der Waals surface area contributed by atoms with Crippen LogP contribution in [0.25, 0.3) is 16.9 Å². The minimum atomic E-state index is -0.368. The first-order chi connectivity index (χ1) is 18.6. The van der Waals surface area contributed by atoms with Gasteiger partial charge in [0, 0.05) is 17.4 Å². The number of hydrogen-bond donors (Lipinski definition) is 3. The summed E-state index contributed by atoms with van der Waals surface area (Å²) in [5.74, 6) is 2.03. The largest absolute Gasteiger partial charge is 0.508 e. The highest BCUT2D eigenvalue weighted by molar-refractivity contribution is 5.89. The number of benzene rings is 4. The molecule has 0 aliphatic heterocycles. The number of fused-ring (bicyclic) bond motifs is 1. The van der Waals surface area contributed by atoms with Crippen LogP contribution in [0, 0.1) is 5.82 Å². The first kappa shape index (κ1) is 23.0. The zero-order chi connectivity index (χ0) is 25.9. The average Bonchev–Trinajstić information content (AvgIpc) is 3.29. The number of ether oxygens (including phenoxy) is 1. The lowest BCUT2D eigenvalue weighted by atomic mass is 10.3. The molecule has 0 fully saturated rings. The van der Waals surface area contributed by atoms with Crippen molar-refractivity contribution >= 4 is 34.3 Å². The molecular formula is C29H21FN6O2. The van der Waals surface area contributed by atoms with E-state index in [1.807, 2.05) is 60.7 Å². The Kier molecular flexibility index (Phi) is 5.99. The lowest BCUT2D eigenvalue weighted by Crippen LogP contribution is -2.02. The van der Waals surface area contributed by atoms with Crippen molar-refractivity contribution in [1.82, 2.24) is 19.5 Å². The summed E-state index contributed by atoms with van der Waals surface area (Å²) in [6, 6.07) is 29.9. The number of phenols is 1. The van der Waals surface area contributed by atoms with Gasteiger partial charge < -0.3 is 20.5 Å². The number of rotatable bonds is 7. The van der Waals surface area contributed by atoms with Gasteiger partial charge in [0.2, 0.25) is 5.95 Å². The van der Waals surface area contributed by atoms with Crippen molar-refractivity contribution in [3.63, 3.8) is 0 Å². The summed E-state index contributed by atoms with van der Waals surface area (Å²) in [4.78, 5) is 13.6. The second kappa shape index (κ2) is 9.90. The second-order valence-electron chi connectivity index (χ2n) is 8.39. The molecule has 186 valence electrons. The fourth-order valence-corrected chi connectivity index (χ4v) is 4.01. The van der Waals surface area contributed by atoms with Crippen LogP contribution < -0.4 is 15.4 Å². The lowest BCUT2D eigenvalue weighted by molar-refractivity contribution is 0.475. The number of nitrogens with one attached hydrogen (secondary N) is 2. The molecule has 38 heavy (non-hydrogen) atoms. The number of nitrogens with zero attached hydrogens (tertiary/aromatic N) is 4. The molecule has 6 rings (SSSR count). The van der Waals surface area contributed by atoms with Crippen molar-refractivity contribution in [3.8, 4) is 22.9 Å². The summed E-state index contributed by atoms with van der Waals surface area (Å²) in [5, 5.41) is 16.6. The number of aromatic hydroxyl groups is 1. The third kappa shape index (κ3) is 4.80. The fraction of sp³-hybridized carbons (Fsp3) is 0. The fourth-order valence-electron chi connectivity index (χ4n) is 4.01. The van der Waals surface area contributed by atoms with Gasteiger partial charge in [0.05, 0.1) is 5.69 Å². The van der Waals surface area contributed by atoms with Gasteiger partial charge in [0.25, 0.3) is 0 Å². The highest BCUT2D eigenvalue weighted by Crippen LogP contribution is 2.32. The van der Waals surface area contributed by atoms with Gasteiger partial charge in [-0.2, -0.15) is 0 Å². The minimum Gasteiger partial charge on any atom is -0.508 e. The van der Waals surface area contributed by atoms with E-state index < -0.39 is 0 Å². The number of para-hydroxylation sites is 1. The first-order valence-corrected chi connectivity index (χ1v) is 11.8. The van der Waals surface area contributed by atoms with E-state index in [1.54, 1.807) is 34.9 Å². The van der Waals surface area contributed by atoms with E-state index in [1.165, 1.54) is 18.5 Å². The van der Waals surface area contributed by atoms with Crippen molar-refractivity contribution in [2.75, 3.05) is 10.6 Å². The Balaban J connectivity index is 1.38. The highest BCUT2D eigenvalue weighted by atomic mass is 19.1. The van der Waals surface area contributed by atoms with Crippen LogP contribution in [0.3, 0.4) is 0 Å². The number of halogens is 1. The third-order valence-electron chi connectivity index (χ3n) is 5.71. The normalized spacial score (nSPS) is 10.9. The SMILES string of the molecule is Oc1cccc(-n2c(Nc3ccc(Oc4ccccc4)cc3)nc3c(Nc4cccc(F)c4)ncnc32)c1. The van der Waals surface area contributed by atoms with Crippen LogP contribution in [0.15, 0.2) is 109 Å². The van der Waals surface area contributed by atoms with Gasteiger partial charge in [-0.1, -0.05) is 30.3 Å². The standard InChI is InChI=1S/C29H21FN6O2/c30-19-6-4-7-21(16-19)33-27-26-28(32-18-31-27)36(22-8-5-9-23(37)17-22)29(35-26)34-20-12-14-25(15-13-20)38-24-10-2-1-3-11-24/h1-18,37H,(H,34,35)(H,31,32,33). The maximum absolute atomic E-state index is 13.8. The Morgan fingerprint density at radius 1 is 0.737 bits per heavy atom. The van der Waals surface area contributed by atoms with E-state index in [2.05, 4.69) is 20.6 Å². The summed E-state index contributed by atoms with van der Waals surface area (Å²) in [6.07, 6.45) is 1.41. The molecule has 0 bridgehead atoms. The zero-order valence-corrected chi connectivity index (χ0v) is 19.9. The van der Waals surface area contributed by atoms with Crippen molar-refractivity contribution in [3.05, 3.63) is 115 Å². The van der Waals surface area contributed by atoms with Gasteiger partial charge in [0.15, 0.2) is 17.0 Å². The Morgan fingerprint density at radius 3 is 2.32 bits per heavy atom. The quantitative estimate of drug-likeness (QED) is 0.217. The van der Waals surface area contributed by atoms with Crippen LogP contribution in [-0.4, -0.2) is 24.6 Å². The van der Waals surface area contributed by atoms with Gasteiger partial charge in [-0.05, 0) is 66.7 Å². The summed E-state index contributed by atoms with van der Waals surface area (Å²) in [6.45, 7) is 0. The summed E-state index contributed by atoms with van der Waals surface area (Å²) in [7, 11) is 0. The molecule has 6 aromatic rings. The minimum absolute atomic E-state index is 0.102. The molecule has 0 unspecified atom stereocenters. The topological polar surface area (TPSA) is 97.1 Å². The number of aromatic nitrogens is 4. The van der Waals surface area contributed by atoms with E-state index in [0.717, 1.165) is 11.4 Å². The monoisotopic (exact) mass is 504 g/mol. The smallest absolute Gasteiger partial charge is 0.214 e. The lowest BCUT2D eigenvalue weighted by Gasteiger charge is -2.11. The van der Waals surface area contributed by atoms with Crippen molar-refractivity contribution in [2.24, 2.45) is 0 Å².